The molecular formula is C15H30N2. The maximum Gasteiger partial charge on any atom is 0.0243 e. The molecule has 17 heavy (non-hydrogen) atoms. The number of likely N-dealkylation sites (tertiary alicyclic amines) is 1. The van der Waals surface area contributed by atoms with Crippen molar-refractivity contribution in [2.45, 2.75) is 58.4 Å². The maximum atomic E-state index is 3.37. The number of hydrogen-bond donors (Lipinski definition) is 1. The molecule has 1 aliphatic heterocycles. The van der Waals surface area contributed by atoms with Crippen LogP contribution in [0.2, 0.25) is 0 Å². The van der Waals surface area contributed by atoms with Gasteiger partial charge in [0.2, 0.25) is 0 Å². The molecule has 1 heterocycles. The van der Waals surface area contributed by atoms with Gasteiger partial charge in [-0.15, -0.1) is 0 Å². The molecule has 1 atom stereocenters. The van der Waals surface area contributed by atoms with Crippen LogP contribution >= 0.6 is 0 Å². The first-order valence-corrected chi connectivity index (χ1v) is 7.55. The number of hydrogen-bond acceptors (Lipinski definition) is 2. The highest BCUT2D eigenvalue weighted by Crippen LogP contribution is 2.46. The minimum atomic E-state index is 0.735. The molecule has 0 aromatic rings. The summed E-state index contributed by atoms with van der Waals surface area (Å²) in [6.45, 7) is 8.55. The highest BCUT2D eigenvalue weighted by atomic mass is 15.2. The van der Waals surface area contributed by atoms with Crippen LogP contribution < -0.4 is 5.32 Å². The van der Waals surface area contributed by atoms with Gasteiger partial charge in [-0.2, -0.15) is 0 Å². The average molecular weight is 238 g/mol. The maximum absolute atomic E-state index is 3.37. The van der Waals surface area contributed by atoms with Crippen molar-refractivity contribution in [3.8, 4) is 0 Å². The van der Waals surface area contributed by atoms with Crippen molar-refractivity contribution in [2.75, 3.05) is 26.7 Å². The van der Waals surface area contributed by atoms with Gasteiger partial charge in [-0.3, -0.25) is 4.90 Å². The normalized spacial score (nSPS) is 26.8. The summed E-state index contributed by atoms with van der Waals surface area (Å²) in [5.74, 6) is 0.764. The Balaban J connectivity index is 1.88. The zero-order valence-corrected chi connectivity index (χ0v) is 12.0. The molecule has 1 saturated carbocycles. The zero-order chi connectivity index (χ0) is 12.3. The largest absolute Gasteiger partial charge is 0.318 e. The van der Waals surface area contributed by atoms with Crippen LogP contribution in [0.4, 0.5) is 0 Å². The van der Waals surface area contributed by atoms with Crippen LogP contribution in [0.1, 0.15) is 52.4 Å². The van der Waals surface area contributed by atoms with E-state index in [2.05, 4.69) is 31.1 Å². The fourth-order valence-corrected chi connectivity index (χ4v) is 3.95. The minimum absolute atomic E-state index is 0.735. The molecule has 2 fully saturated rings. The molecule has 2 heteroatoms. The van der Waals surface area contributed by atoms with Gasteiger partial charge >= 0.3 is 0 Å². The lowest BCUT2D eigenvalue weighted by Gasteiger charge is -2.44. The van der Waals surface area contributed by atoms with Crippen LogP contribution in [0.5, 0.6) is 0 Å². The van der Waals surface area contributed by atoms with E-state index in [1.807, 2.05) is 0 Å². The first-order valence-electron chi connectivity index (χ1n) is 7.55. The van der Waals surface area contributed by atoms with E-state index in [9.17, 15) is 0 Å². The number of nitrogens with one attached hydrogen (secondary N) is 1. The average Bonchev–Trinajstić information content (AvgIpc) is 2.76. The highest BCUT2D eigenvalue weighted by molar-refractivity contribution is 4.92. The number of piperidine rings is 1. The van der Waals surface area contributed by atoms with Crippen LogP contribution in [0.15, 0.2) is 0 Å². The Morgan fingerprint density at radius 1 is 1.06 bits per heavy atom. The van der Waals surface area contributed by atoms with Crippen molar-refractivity contribution in [2.24, 2.45) is 11.3 Å². The first kappa shape index (κ1) is 13.4. The Morgan fingerprint density at radius 2 is 1.65 bits per heavy atom. The van der Waals surface area contributed by atoms with Gasteiger partial charge in [0.15, 0.2) is 0 Å². The lowest BCUT2D eigenvalue weighted by molar-refractivity contribution is 0.0592. The summed E-state index contributed by atoms with van der Waals surface area (Å²) in [5.41, 5.74) is 0.762. The zero-order valence-electron chi connectivity index (χ0n) is 12.0. The van der Waals surface area contributed by atoms with Gasteiger partial charge < -0.3 is 5.32 Å². The second-order valence-corrected chi connectivity index (χ2v) is 6.61. The van der Waals surface area contributed by atoms with E-state index in [4.69, 9.17) is 0 Å². The molecular weight excluding hydrogens is 208 g/mol. The quantitative estimate of drug-likeness (QED) is 0.810. The third kappa shape index (κ3) is 3.03. The SMILES string of the molecule is CNCC(C(C)C)N1CCC2(CCCC2)CC1. The van der Waals surface area contributed by atoms with Crippen LogP contribution in [-0.4, -0.2) is 37.6 Å². The molecule has 1 aliphatic carbocycles. The Bertz CT molecular complexity index is 221. The molecule has 1 unspecified atom stereocenters. The third-order valence-electron chi connectivity index (χ3n) is 5.17. The van der Waals surface area contributed by atoms with Crippen molar-refractivity contribution in [1.29, 1.82) is 0 Å². The van der Waals surface area contributed by atoms with Gasteiger partial charge in [0.1, 0.15) is 0 Å². The first-order chi connectivity index (χ1) is 8.17. The number of nitrogens with zero attached hydrogens (tertiary/aromatic N) is 1. The Hall–Kier alpha value is -0.0800. The molecule has 1 N–H and O–H groups in total. The van der Waals surface area contributed by atoms with Crippen LogP contribution in [-0.2, 0) is 0 Å². The molecule has 0 radical (unpaired) electrons. The Kier molecular flexibility index (Phi) is 4.48. The van der Waals surface area contributed by atoms with E-state index in [0.29, 0.717) is 0 Å². The summed E-state index contributed by atoms with van der Waals surface area (Å²) >= 11 is 0. The van der Waals surface area contributed by atoms with Crippen molar-refractivity contribution in [3.63, 3.8) is 0 Å². The fourth-order valence-electron chi connectivity index (χ4n) is 3.95. The molecule has 0 amide bonds. The van der Waals surface area contributed by atoms with Gasteiger partial charge in [-0.25, -0.2) is 0 Å². The Labute approximate surface area is 107 Å². The predicted octanol–water partition coefficient (Wildman–Crippen LogP) is 2.89. The van der Waals surface area contributed by atoms with Crippen LogP contribution in [0.25, 0.3) is 0 Å². The van der Waals surface area contributed by atoms with E-state index in [1.165, 1.54) is 51.6 Å². The molecule has 1 spiro atoms. The minimum Gasteiger partial charge on any atom is -0.318 e. The summed E-state index contributed by atoms with van der Waals surface area (Å²) < 4.78 is 0. The van der Waals surface area contributed by atoms with E-state index >= 15 is 0 Å². The Morgan fingerprint density at radius 3 is 2.12 bits per heavy atom. The van der Waals surface area contributed by atoms with Crippen molar-refractivity contribution in [1.82, 2.24) is 10.2 Å². The molecule has 2 rings (SSSR count). The molecule has 1 saturated heterocycles. The molecule has 0 bridgehead atoms. The lowest BCUT2D eigenvalue weighted by Crippen LogP contribution is -2.50. The highest BCUT2D eigenvalue weighted by Gasteiger charge is 2.38. The second kappa shape index (κ2) is 5.71. The number of rotatable bonds is 4. The second-order valence-electron chi connectivity index (χ2n) is 6.61. The standard InChI is InChI=1S/C15H30N2/c1-13(2)14(12-16-3)17-10-8-15(9-11-17)6-4-5-7-15/h13-14,16H,4-12H2,1-3H3. The van der Waals surface area contributed by atoms with Gasteiger partial charge in [-0.05, 0) is 57.2 Å². The molecule has 2 nitrogen and oxygen atoms in total. The van der Waals surface area contributed by atoms with Gasteiger partial charge in [-0.1, -0.05) is 26.7 Å². The van der Waals surface area contributed by atoms with Gasteiger partial charge in [0, 0.05) is 12.6 Å². The molecule has 100 valence electrons. The van der Waals surface area contributed by atoms with Crippen LogP contribution in [0, 0.1) is 11.3 Å². The summed E-state index contributed by atoms with van der Waals surface area (Å²) in [6.07, 6.45) is 8.92. The van der Waals surface area contributed by atoms with Crippen molar-refractivity contribution in [3.05, 3.63) is 0 Å². The smallest absolute Gasteiger partial charge is 0.0243 e. The summed E-state index contributed by atoms with van der Waals surface area (Å²) in [7, 11) is 2.08. The number of likely N-dealkylation sites (N-methyl/N-ethyl adjacent to an activating group) is 1. The summed E-state index contributed by atoms with van der Waals surface area (Å²) in [5, 5.41) is 3.37. The molecule has 0 aromatic carbocycles. The lowest BCUT2D eigenvalue weighted by atomic mass is 9.76. The van der Waals surface area contributed by atoms with E-state index in [1.54, 1.807) is 0 Å². The van der Waals surface area contributed by atoms with Crippen molar-refractivity contribution >= 4 is 0 Å². The molecule has 2 aliphatic rings. The van der Waals surface area contributed by atoms with Crippen molar-refractivity contribution < 1.29 is 0 Å². The third-order valence-corrected chi connectivity index (χ3v) is 5.17. The molecule has 0 aromatic heterocycles. The van der Waals surface area contributed by atoms with Gasteiger partial charge in [0.25, 0.3) is 0 Å². The van der Waals surface area contributed by atoms with Crippen LogP contribution in [0.3, 0.4) is 0 Å². The fraction of sp³-hybridized carbons (Fsp3) is 1.00. The van der Waals surface area contributed by atoms with E-state index in [0.717, 1.165) is 23.9 Å². The monoisotopic (exact) mass is 238 g/mol. The van der Waals surface area contributed by atoms with E-state index in [-0.39, 0.29) is 0 Å². The summed E-state index contributed by atoms with van der Waals surface area (Å²) in [4.78, 5) is 2.74. The van der Waals surface area contributed by atoms with Gasteiger partial charge in [0.05, 0.1) is 0 Å². The summed E-state index contributed by atoms with van der Waals surface area (Å²) in [6, 6.07) is 0.735. The predicted molar refractivity (Wildman–Crippen MR) is 74.3 cm³/mol. The topological polar surface area (TPSA) is 15.3 Å². The van der Waals surface area contributed by atoms with E-state index < -0.39 is 0 Å².